The molecule has 182 valence electrons. The number of aryl methyl sites for hydroxylation is 1. The van der Waals surface area contributed by atoms with E-state index in [-0.39, 0.29) is 12.0 Å². The summed E-state index contributed by atoms with van der Waals surface area (Å²) in [4.78, 5) is 16.9. The number of nitrogens with zero attached hydrogens (tertiary/aromatic N) is 4. The summed E-state index contributed by atoms with van der Waals surface area (Å²) < 4.78 is 5.86. The molecule has 4 rings (SSSR count). The van der Waals surface area contributed by atoms with Gasteiger partial charge in [0.05, 0.1) is 11.8 Å². The van der Waals surface area contributed by atoms with Crippen molar-refractivity contribution >= 4 is 28.3 Å². The Hall–Kier alpha value is -3.87. The van der Waals surface area contributed by atoms with E-state index < -0.39 is 0 Å². The molecule has 7 nitrogen and oxygen atoms in total. The van der Waals surface area contributed by atoms with Crippen LogP contribution in [0, 0.1) is 6.92 Å². The first-order valence-electron chi connectivity index (χ1n) is 12.2. The molecule has 0 saturated heterocycles. The molecule has 0 aliphatic heterocycles. The van der Waals surface area contributed by atoms with Gasteiger partial charge in [-0.05, 0) is 94.3 Å². The topological polar surface area (TPSA) is 72.3 Å². The van der Waals surface area contributed by atoms with Gasteiger partial charge in [-0.1, -0.05) is 13.0 Å². The number of hydrogen-bond donors (Lipinski definition) is 1. The van der Waals surface area contributed by atoms with Gasteiger partial charge in [-0.2, -0.15) is 4.80 Å². The molecule has 0 aliphatic rings. The maximum atomic E-state index is 13.0. The van der Waals surface area contributed by atoms with Crippen molar-refractivity contribution in [1.29, 1.82) is 0 Å². The summed E-state index contributed by atoms with van der Waals surface area (Å²) in [5.74, 6) is 0.496. The molecule has 0 spiro atoms. The Morgan fingerprint density at radius 2 is 1.69 bits per heavy atom. The standard InChI is InChI=1S/C28H33N5O2/c1-6-20(5)35-24-11-9-10-21(17-24)28(34)29-25-18-27-26(16-19(25)4)30-33(31-27)23-14-12-22(13-15-23)32(7-2)8-3/h9-18,20H,6-8H2,1-5H3,(H,29,34)/t20-/m1/s1. The van der Waals surface area contributed by atoms with E-state index in [4.69, 9.17) is 4.74 Å². The molecule has 35 heavy (non-hydrogen) atoms. The molecule has 1 heterocycles. The van der Waals surface area contributed by atoms with E-state index in [1.54, 1.807) is 16.9 Å². The summed E-state index contributed by atoms with van der Waals surface area (Å²) in [6.45, 7) is 12.3. The number of carbonyl (C=O) groups excluding carboxylic acids is 1. The highest BCUT2D eigenvalue weighted by molar-refractivity contribution is 6.05. The van der Waals surface area contributed by atoms with Crippen LogP contribution < -0.4 is 15.0 Å². The molecule has 1 amide bonds. The molecule has 1 aromatic heterocycles. The Labute approximate surface area is 206 Å². The van der Waals surface area contributed by atoms with Gasteiger partial charge in [-0.15, -0.1) is 10.2 Å². The zero-order valence-corrected chi connectivity index (χ0v) is 21.1. The van der Waals surface area contributed by atoms with Crippen LogP contribution in [-0.2, 0) is 0 Å². The van der Waals surface area contributed by atoms with Crippen LogP contribution in [0.15, 0.2) is 60.7 Å². The van der Waals surface area contributed by atoms with Crippen molar-refractivity contribution in [3.63, 3.8) is 0 Å². The second kappa shape index (κ2) is 10.6. The Morgan fingerprint density at radius 3 is 2.34 bits per heavy atom. The average Bonchev–Trinajstić information content (AvgIpc) is 3.28. The Morgan fingerprint density at radius 1 is 1.00 bits per heavy atom. The maximum Gasteiger partial charge on any atom is 0.255 e. The molecule has 7 heteroatoms. The SMILES string of the molecule is CC[C@@H](C)Oc1cccc(C(=O)Nc2cc3nn(-c4ccc(N(CC)CC)cc4)nc3cc2C)c1. The van der Waals surface area contributed by atoms with Crippen LogP contribution in [0.3, 0.4) is 0 Å². The third-order valence-electron chi connectivity index (χ3n) is 6.19. The summed E-state index contributed by atoms with van der Waals surface area (Å²) in [5, 5.41) is 12.3. The van der Waals surface area contributed by atoms with Gasteiger partial charge in [-0.3, -0.25) is 4.79 Å². The molecule has 0 fully saturated rings. The fraction of sp³-hybridized carbons (Fsp3) is 0.321. The molecule has 0 bridgehead atoms. The molecular weight excluding hydrogens is 438 g/mol. The molecular formula is C28H33N5O2. The van der Waals surface area contributed by atoms with Crippen LogP contribution in [0.5, 0.6) is 5.75 Å². The minimum atomic E-state index is -0.193. The largest absolute Gasteiger partial charge is 0.491 e. The Kier molecular flexibility index (Phi) is 7.34. The number of anilines is 2. The molecule has 1 N–H and O–H groups in total. The van der Waals surface area contributed by atoms with E-state index in [2.05, 4.69) is 53.3 Å². The smallest absolute Gasteiger partial charge is 0.255 e. The Balaban J connectivity index is 1.55. The van der Waals surface area contributed by atoms with Gasteiger partial charge in [-0.25, -0.2) is 0 Å². The highest BCUT2D eigenvalue weighted by atomic mass is 16.5. The van der Waals surface area contributed by atoms with Crippen molar-refractivity contribution < 1.29 is 9.53 Å². The van der Waals surface area contributed by atoms with Crippen molar-refractivity contribution in [3.05, 3.63) is 71.8 Å². The lowest BCUT2D eigenvalue weighted by atomic mass is 10.1. The third kappa shape index (κ3) is 5.45. The molecule has 0 radical (unpaired) electrons. The van der Waals surface area contributed by atoms with Crippen molar-refractivity contribution in [2.75, 3.05) is 23.3 Å². The summed E-state index contributed by atoms with van der Waals surface area (Å²) in [6, 6.07) is 19.3. The molecule has 0 saturated carbocycles. The van der Waals surface area contributed by atoms with Gasteiger partial charge < -0.3 is 15.0 Å². The number of ether oxygens (including phenoxy) is 1. The van der Waals surface area contributed by atoms with Crippen molar-refractivity contribution in [2.45, 2.75) is 47.1 Å². The number of amides is 1. The molecule has 1 atom stereocenters. The van der Waals surface area contributed by atoms with E-state index in [1.165, 1.54) is 5.69 Å². The first-order chi connectivity index (χ1) is 16.9. The summed E-state index contributed by atoms with van der Waals surface area (Å²) in [5.41, 5.74) is 5.72. The number of nitrogens with one attached hydrogen (secondary N) is 1. The van der Waals surface area contributed by atoms with E-state index in [0.29, 0.717) is 22.5 Å². The first-order valence-corrected chi connectivity index (χ1v) is 12.2. The quantitative estimate of drug-likeness (QED) is 0.324. The maximum absolute atomic E-state index is 13.0. The van der Waals surface area contributed by atoms with Crippen LogP contribution >= 0.6 is 0 Å². The summed E-state index contributed by atoms with van der Waals surface area (Å²) in [7, 11) is 0. The second-order valence-electron chi connectivity index (χ2n) is 8.65. The number of hydrogen-bond acceptors (Lipinski definition) is 5. The van der Waals surface area contributed by atoms with Gasteiger partial charge in [0, 0.05) is 30.0 Å². The second-order valence-corrected chi connectivity index (χ2v) is 8.65. The molecule has 0 unspecified atom stereocenters. The number of benzene rings is 3. The van der Waals surface area contributed by atoms with Crippen molar-refractivity contribution in [3.8, 4) is 11.4 Å². The van der Waals surface area contributed by atoms with E-state index in [0.717, 1.165) is 36.3 Å². The van der Waals surface area contributed by atoms with Crippen LogP contribution in [0.25, 0.3) is 16.7 Å². The van der Waals surface area contributed by atoms with Crippen molar-refractivity contribution in [1.82, 2.24) is 15.0 Å². The highest BCUT2D eigenvalue weighted by Crippen LogP contribution is 2.24. The average molecular weight is 472 g/mol. The molecule has 4 aromatic rings. The summed E-state index contributed by atoms with van der Waals surface area (Å²) >= 11 is 0. The van der Waals surface area contributed by atoms with Gasteiger partial charge in [0.1, 0.15) is 16.8 Å². The molecule has 0 aliphatic carbocycles. The number of fused-ring (bicyclic) bond motifs is 1. The predicted molar refractivity (Wildman–Crippen MR) is 142 cm³/mol. The van der Waals surface area contributed by atoms with Gasteiger partial charge >= 0.3 is 0 Å². The fourth-order valence-electron chi connectivity index (χ4n) is 3.92. The lowest BCUT2D eigenvalue weighted by Gasteiger charge is -2.20. The van der Waals surface area contributed by atoms with Crippen LogP contribution in [0.4, 0.5) is 11.4 Å². The van der Waals surface area contributed by atoms with Crippen molar-refractivity contribution in [2.24, 2.45) is 0 Å². The van der Waals surface area contributed by atoms with Crippen LogP contribution in [0.1, 0.15) is 50.0 Å². The van der Waals surface area contributed by atoms with Crippen LogP contribution in [0.2, 0.25) is 0 Å². The lowest BCUT2D eigenvalue weighted by Crippen LogP contribution is -2.21. The van der Waals surface area contributed by atoms with Gasteiger partial charge in [0.15, 0.2) is 0 Å². The zero-order valence-electron chi connectivity index (χ0n) is 21.1. The Bertz CT molecular complexity index is 1310. The van der Waals surface area contributed by atoms with Gasteiger partial charge in [0.2, 0.25) is 0 Å². The number of carbonyl (C=O) groups is 1. The van der Waals surface area contributed by atoms with E-state index in [9.17, 15) is 4.79 Å². The lowest BCUT2D eigenvalue weighted by molar-refractivity contribution is 0.102. The normalized spacial score (nSPS) is 11.9. The van der Waals surface area contributed by atoms with Gasteiger partial charge in [0.25, 0.3) is 5.91 Å². The van der Waals surface area contributed by atoms with E-state index in [1.807, 2.05) is 50.2 Å². The fourth-order valence-corrected chi connectivity index (χ4v) is 3.92. The minimum Gasteiger partial charge on any atom is -0.491 e. The van der Waals surface area contributed by atoms with E-state index >= 15 is 0 Å². The first kappa shape index (κ1) is 24.3. The minimum absolute atomic E-state index is 0.0917. The van der Waals surface area contributed by atoms with Crippen LogP contribution in [-0.4, -0.2) is 40.1 Å². The predicted octanol–water partition coefficient (Wildman–Crippen LogP) is 6.00. The summed E-state index contributed by atoms with van der Waals surface area (Å²) in [6.07, 6.45) is 0.991. The highest BCUT2D eigenvalue weighted by Gasteiger charge is 2.13. The zero-order chi connectivity index (χ0) is 24.9. The third-order valence-corrected chi connectivity index (χ3v) is 6.19. The number of aromatic nitrogens is 3. The molecule has 3 aromatic carbocycles. The number of rotatable bonds is 9. The monoisotopic (exact) mass is 471 g/mol.